The van der Waals surface area contributed by atoms with E-state index in [0.717, 1.165) is 0 Å². The van der Waals surface area contributed by atoms with E-state index in [1.807, 2.05) is 0 Å². The van der Waals surface area contributed by atoms with Crippen LogP contribution < -0.4 is 0 Å². The molecular formula is C8H6FNO5. The van der Waals surface area contributed by atoms with Crippen molar-refractivity contribution in [2.75, 3.05) is 0 Å². The average Bonchev–Trinajstić information content (AvgIpc) is 2.08. The molecule has 15 heavy (non-hydrogen) atoms. The van der Waals surface area contributed by atoms with E-state index in [4.69, 9.17) is 10.2 Å². The largest absolute Gasteiger partial charge is 0.508 e. The maximum atomic E-state index is 12.9. The summed E-state index contributed by atoms with van der Waals surface area (Å²) in [6.07, 6.45) is -0.604. The van der Waals surface area contributed by atoms with Crippen LogP contribution in [0.1, 0.15) is 5.56 Å². The number of phenols is 1. The van der Waals surface area contributed by atoms with Crippen LogP contribution in [0.3, 0.4) is 0 Å². The van der Waals surface area contributed by atoms with Crippen LogP contribution in [0.2, 0.25) is 0 Å². The Labute approximate surface area is 82.7 Å². The van der Waals surface area contributed by atoms with Gasteiger partial charge in [-0.25, -0.2) is 0 Å². The molecule has 0 radical (unpaired) electrons. The number of benzene rings is 1. The van der Waals surface area contributed by atoms with Crippen molar-refractivity contribution in [3.8, 4) is 5.75 Å². The van der Waals surface area contributed by atoms with E-state index in [1.165, 1.54) is 0 Å². The third-order valence-electron chi connectivity index (χ3n) is 1.69. The molecule has 0 saturated heterocycles. The minimum absolute atomic E-state index is 0.199. The summed E-state index contributed by atoms with van der Waals surface area (Å²) >= 11 is 0. The second-order valence-corrected chi connectivity index (χ2v) is 2.76. The predicted molar refractivity (Wildman–Crippen MR) is 46.1 cm³/mol. The highest BCUT2D eigenvalue weighted by Gasteiger charge is 2.19. The van der Waals surface area contributed by atoms with Gasteiger partial charge in [0.15, 0.2) is 0 Å². The summed E-state index contributed by atoms with van der Waals surface area (Å²) in [6.45, 7) is 0. The highest BCUT2D eigenvalue weighted by atomic mass is 19.1. The van der Waals surface area contributed by atoms with E-state index in [9.17, 15) is 19.3 Å². The van der Waals surface area contributed by atoms with Crippen LogP contribution in [0.5, 0.6) is 5.75 Å². The average molecular weight is 215 g/mol. The second-order valence-electron chi connectivity index (χ2n) is 2.76. The number of phenolic OH excluding ortho intramolecular Hbond substituents is 1. The van der Waals surface area contributed by atoms with Gasteiger partial charge in [0.05, 0.1) is 11.3 Å². The van der Waals surface area contributed by atoms with Gasteiger partial charge in [-0.15, -0.1) is 0 Å². The third-order valence-corrected chi connectivity index (χ3v) is 1.69. The molecule has 0 spiro atoms. The zero-order chi connectivity index (χ0) is 11.6. The van der Waals surface area contributed by atoms with Gasteiger partial charge in [-0.05, 0) is 0 Å². The lowest BCUT2D eigenvalue weighted by atomic mass is 10.1. The number of rotatable bonds is 3. The molecule has 0 heterocycles. The van der Waals surface area contributed by atoms with Gasteiger partial charge in [-0.2, -0.15) is 4.39 Å². The van der Waals surface area contributed by atoms with Crippen LogP contribution in [0.4, 0.5) is 10.1 Å². The highest BCUT2D eigenvalue weighted by Crippen LogP contribution is 2.26. The van der Waals surface area contributed by atoms with Crippen molar-refractivity contribution in [2.45, 2.75) is 6.42 Å². The fourth-order valence-corrected chi connectivity index (χ4v) is 1.04. The number of nitro groups is 1. The molecule has 0 aliphatic rings. The Morgan fingerprint density at radius 1 is 1.53 bits per heavy atom. The molecule has 6 nitrogen and oxygen atoms in total. The number of aliphatic carboxylic acids is 1. The lowest BCUT2D eigenvalue weighted by molar-refractivity contribution is -0.387. The van der Waals surface area contributed by atoms with Gasteiger partial charge in [0, 0.05) is 17.7 Å². The molecule has 0 bridgehead atoms. The lowest BCUT2D eigenvalue weighted by Gasteiger charge is -2.02. The number of halogens is 1. The summed E-state index contributed by atoms with van der Waals surface area (Å²) < 4.78 is 12.9. The summed E-state index contributed by atoms with van der Waals surface area (Å²) in [5.41, 5.74) is -1.06. The maximum absolute atomic E-state index is 12.9. The Hall–Kier alpha value is -2.18. The Balaban J connectivity index is 3.23. The number of aromatic hydroxyl groups is 1. The van der Waals surface area contributed by atoms with Gasteiger partial charge < -0.3 is 10.2 Å². The van der Waals surface area contributed by atoms with E-state index < -0.39 is 34.6 Å². The second kappa shape index (κ2) is 3.91. The van der Waals surface area contributed by atoms with Crippen molar-refractivity contribution in [1.82, 2.24) is 0 Å². The summed E-state index contributed by atoms with van der Waals surface area (Å²) in [6, 6.07) is 1.23. The summed E-state index contributed by atoms with van der Waals surface area (Å²) in [5, 5.41) is 27.8. The minimum atomic E-state index is -1.27. The first-order chi connectivity index (χ1) is 6.91. The molecule has 0 atom stereocenters. The van der Waals surface area contributed by atoms with E-state index in [-0.39, 0.29) is 5.56 Å². The molecular weight excluding hydrogens is 209 g/mol. The quantitative estimate of drug-likeness (QED) is 0.580. The first kappa shape index (κ1) is 10.9. The molecule has 0 amide bonds. The molecule has 0 saturated carbocycles. The van der Waals surface area contributed by atoms with Crippen LogP contribution in [-0.2, 0) is 11.2 Å². The number of nitrogens with zero attached hydrogens (tertiary/aromatic N) is 1. The Kier molecular flexibility index (Phi) is 2.84. The number of nitro benzene ring substituents is 1. The molecule has 0 aliphatic carbocycles. The van der Waals surface area contributed by atoms with Gasteiger partial charge >= 0.3 is 11.7 Å². The lowest BCUT2D eigenvalue weighted by Crippen LogP contribution is -2.02. The van der Waals surface area contributed by atoms with Crippen molar-refractivity contribution < 1.29 is 24.3 Å². The first-order valence-electron chi connectivity index (χ1n) is 3.79. The molecule has 1 aromatic rings. The molecule has 7 heteroatoms. The maximum Gasteiger partial charge on any atom is 0.307 e. The van der Waals surface area contributed by atoms with E-state index >= 15 is 0 Å². The Morgan fingerprint density at radius 2 is 2.13 bits per heavy atom. The van der Waals surface area contributed by atoms with Crippen molar-refractivity contribution >= 4 is 11.7 Å². The predicted octanol–water partition coefficient (Wildman–Crippen LogP) is 1.07. The highest BCUT2D eigenvalue weighted by molar-refractivity contribution is 5.71. The zero-order valence-corrected chi connectivity index (χ0v) is 7.31. The summed E-state index contributed by atoms with van der Waals surface area (Å²) in [5.74, 6) is -3.08. The van der Waals surface area contributed by atoms with E-state index in [2.05, 4.69) is 0 Å². The molecule has 0 fully saturated rings. The smallest absolute Gasteiger partial charge is 0.307 e. The van der Waals surface area contributed by atoms with Crippen LogP contribution in [0.25, 0.3) is 0 Å². The van der Waals surface area contributed by atoms with Crippen molar-refractivity contribution in [1.29, 1.82) is 0 Å². The minimum Gasteiger partial charge on any atom is -0.508 e. The van der Waals surface area contributed by atoms with Crippen LogP contribution in [0.15, 0.2) is 12.1 Å². The van der Waals surface area contributed by atoms with E-state index in [0.29, 0.717) is 12.1 Å². The number of hydrogen-bond acceptors (Lipinski definition) is 4. The molecule has 0 unspecified atom stereocenters. The summed E-state index contributed by atoms with van der Waals surface area (Å²) in [4.78, 5) is 19.6. The molecule has 2 N–H and O–H groups in total. The number of carboxylic acids is 1. The van der Waals surface area contributed by atoms with Gasteiger partial charge in [0.2, 0.25) is 5.82 Å². The van der Waals surface area contributed by atoms with Gasteiger partial charge in [0.1, 0.15) is 5.75 Å². The van der Waals surface area contributed by atoms with Gasteiger partial charge in [-0.3, -0.25) is 14.9 Å². The van der Waals surface area contributed by atoms with Crippen molar-refractivity contribution in [2.24, 2.45) is 0 Å². The van der Waals surface area contributed by atoms with Crippen molar-refractivity contribution in [3.05, 3.63) is 33.6 Å². The fourth-order valence-electron chi connectivity index (χ4n) is 1.04. The number of hydrogen-bond donors (Lipinski definition) is 2. The van der Waals surface area contributed by atoms with Gasteiger partial charge in [-0.1, -0.05) is 0 Å². The van der Waals surface area contributed by atoms with E-state index in [1.54, 1.807) is 0 Å². The van der Waals surface area contributed by atoms with Crippen LogP contribution >= 0.6 is 0 Å². The fraction of sp³-hybridized carbons (Fsp3) is 0.125. The standard InChI is InChI=1S/C8H6FNO5/c9-5-3-7(11)4(2-8(12)13)1-6(5)10(14)15/h1,3,11H,2H2,(H,12,13). The molecule has 80 valence electrons. The number of carbonyl (C=O) groups is 1. The first-order valence-corrected chi connectivity index (χ1v) is 3.79. The zero-order valence-electron chi connectivity index (χ0n) is 7.31. The number of carboxylic acid groups (broad SMARTS) is 1. The molecule has 1 rings (SSSR count). The Bertz CT molecular complexity index is 431. The molecule has 0 aromatic heterocycles. The third kappa shape index (κ3) is 2.39. The monoisotopic (exact) mass is 215 g/mol. The molecule has 0 aliphatic heterocycles. The Morgan fingerprint density at radius 3 is 2.60 bits per heavy atom. The van der Waals surface area contributed by atoms with Gasteiger partial charge in [0.25, 0.3) is 0 Å². The van der Waals surface area contributed by atoms with Crippen LogP contribution in [0, 0.1) is 15.9 Å². The van der Waals surface area contributed by atoms with Crippen LogP contribution in [-0.4, -0.2) is 21.1 Å². The SMILES string of the molecule is O=C(O)Cc1cc([N+](=O)[O-])c(F)cc1O. The van der Waals surface area contributed by atoms with Crippen molar-refractivity contribution in [3.63, 3.8) is 0 Å². The normalized spacial score (nSPS) is 9.93. The summed E-state index contributed by atoms with van der Waals surface area (Å²) in [7, 11) is 0. The molecule has 1 aromatic carbocycles. The topological polar surface area (TPSA) is 101 Å².